The first-order chi connectivity index (χ1) is 10.2. The van der Waals surface area contributed by atoms with Crippen molar-refractivity contribution < 1.29 is 22.0 Å². The Bertz CT molecular complexity index is 455. The number of hydrogen-bond acceptors (Lipinski definition) is 1. The highest BCUT2D eigenvalue weighted by Crippen LogP contribution is 2.43. The highest BCUT2D eigenvalue weighted by atomic mass is 79.9. The summed E-state index contributed by atoms with van der Waals surface area (Å²) in [5, 5.41) is 0. The Balaban J connectivity index is 3.25. The lowest BCUT2D eigenvalue weighted by molar-refractivity contribution is -0.189. The molecule has 0 fully saturated rings. The quantitative estimate of drug-likeness (QED) is 0.361. The first kappa shape index (κ1) is 19.6. The van der Waals surface area contributed by atoms with E-state index in [0.29, 0.717) is 22.6 Å². The largest absolute Gasteiger partial charge is 0.404 e. The van der Waals surface area contributed by atoms with Crippen LogP contribution in [-0.4, -0.2) is 20.7 Å². The molecule has 1 unspecified atom stereocenters. The second-order valence-electron chi connectivity index (χ2n) is 5.27. The van der Waals surface area contributed by atoms with Gasteiger partial charge in [-0.1, -0.05) is 48.8 Å². The van der Waals surface area contributed by atoms with Crippen molar-refractivity contribution in [2.75, 3.05) is 0 Å². The molecule has 1 nitrogen and oxygen atoms in total. The molecule has 0 amide bonds. The van der Waals surface area contributed by atoms with Gasteiger partial charge in [-0.15, -0.1) is 0 Å². The van der Waals surface area contributed by atoms with Crippen molar-refractivity contribution in [2.24, 2.45) is 0 Å². The second kappa shape index (κ2) is 7.92. The van der Waals surface area contributed by atoms with E-state index in [1.54, 1.807) is 12.1 Å². The summed E-state index contributed by atoms with van der Waals surface area (Å²) in [4.78, 5) is 0. The Labute approximate surface area is 138 Å². The van der Waals surface area contributed by atoms with Crippen LogP contribution in [0.25, 0.3) is 0 Å². The maximum absolute atomic E-state index is 14.1. The fourth-order valence-electron chi connectivity index (χ4n) is 2.37. The van der Waals surface area contributed by atoms with Gasteiger partial charge in [0.2, 0.25) is 0 Å². The van der Waals surface area contributed by atoms with Gasteiger partial charge in [-0.2, -0.15) is 8.78 Å². The molecule has 0 saturated carbocycles. The summed E-state index contributed by atoms with van der Waals surface area (Å²) in [7, 11) is -2.46. The van der Waals surface area contributed by atoms with Crippen LogP contribution in [0.5, 0.6) is 0 Å². The highest BCUT2D eigenvalue weighted by molar-refractivity contribution is 9.10. The van der Waals surface area contributed by atoms with Crippen LogP contribution in [0, 0.1) is 0 Å². The predicted octanol–water partition coefficient (Wildman–Crippen LogP) is 6.41. The molecule has 22 heavy (non-hydrogen) atoms. The van der Waals surface area contributed by atoms with Gasteiger partial charge in [0.15, 0.2) is 8.32 Å². The molecule has 0 aliphatic rings. The van der Waals surface area contributed by atoms with Gasteiger partial charge in [0.25, 0.3) is 0 Å². The Hall–Kier alpha value is -0.403. The minimum atomic E-state index is -4.22. The highest BCUT2D eigenvalue weighted by Gasteiger charge is 2.52. The van der Waals surface area contributed by atoms with Gasteiger partial charge in [0, 0.05) is 4.47 Å². The molecular formula is C15H21BrF4OSi. The average Bonchev–Trinajstić information content (AvgIpc) is 2.50. The fourth-order valence-corrected chi connectivity index (χ4v) is 5.43. The topological polar surface area (TPSA) is 9.23 Å². The van der Waals surface area contributed by atoms with Crippen LogP contribution in [0.15, 0.2) is 28.7 Å². The Morgan fingerprint density at radius 3 is 1.86 bits per heavy atom. The number of alkyl halides is 4. The molecular weight excluding hydrogens is 380 g/mol. The summed E-state index contributed by atoms with van der Waals surface area (Å²) < 4.78 is 60.4. The zero-order chi connectivity index (χ0) is 17.0. The van der Waals surface area contributed by atoms with Crippen LogP contribution < -0.4 is 0 Å². The molecule has 1 atom stereocenters. The maximum Gasteiger partial charge on any atom is 0.335 e. The van der Waals surface area contributed by atoms with Crippen molar-refractivity contribution >= 4 is 24.2 Å². The van der Waals surface area contributed by atoms with Crippen LogP contribution >= 0.6 is 15.9 Å². The third-order valence-electron chi connectivity index (χ3n) is 4.11. The van der Waals surface area contributed by atoms with E-state index in [1.807, 2.05) is 20.8 Å². The molecule has 0 aliphatic carbocycles. The van der Waals surface area contributed by atoms with Crippen molar-refractivity contribution in [3.05, 3.63) is 34.3 Å². The Morgan fingerprint density at radius 1 is 1.05 bits per heavy atom. The predicted molar refractivity (Wildman–Crippen MR) is 86.1 cm³/mol. The number of halogens is 5. The summed E-state index contributed by atoms with van der Waals surface area (Å²) >= 11 is 3.21. The first-order valence-corrected chi connectivity index (χ1v) is 10.6. The van der Waals surface area contributed by atoms with Crippen LogP contribution in [0.1, 0.15) is 32.4 Å². The minimum Gasteiger partial charge on any atom is -0.404 e. The lowest BCUT2D eigenvalue weighted by atomic mass is 10.0. The third kappa shape index (κ3) is 4.32. The molecule has 0 saturated heterocycles. The number of hydrogen-bond donors (Lipinski definition) is 0. The van der Waals surface area contributed by atoms with E-state index >= 15 is 0 Å². The van der Waals surface area contributed by atoms with Crippen LogP contribution in [0.4, 0.5) is 17.6 Å². The van der Waals surface area contributed by atoms with Crippen molar-refractivity contribution in [1.82, 2.24) is 0 Å². The molecule has 7 heteroatoms. The van der Waals surface area contributed by atoms with Crippen molar-refractivity contribution in [3.63, 3.8) is 0 Å². The smallest absolute Gasteiger partial charge is 0.335 e. The summed E-state index contributed by atoms with van der Waals surface area (Å²) in [6, 6.07) is 7.78. The zero-order valence-corrected chi connectivity index (χ0v) is 15.5. The van der Waals surface area contributed by atoms with E-state index in [1.165, 1.54) is 12.1 Å². The van der Waals surface area contributed by atoms with Gasteiger partial charge in [0.05, 0.1) is 0 Å². The number of benzene rings is 1. The van der Waals surface area contributed by atoms with Gasteiger partial charge in [-0.05, 0) is 35.8 Å². The standard InChI is InChI=1S/C15H21BrF4OSi/c1-4-22(5-2,6-3)21-13(15(19,20)14(17)18)11-7-9-12(16)10-8-11/h7-10,13-14H,4-6H2,1-3H3. The molecule has 0 bridgehead atoms. The maximum atomic E-state index is 14.1. The Morgan fingerprint density at radius 2 is 1.50 bits per heavy atom. The van der Waals surface area contributed by atoms with E-state index < -0.39 is 26.8 Å². The fraction of sp³-hybridized carbons (Fsp3) is 0.600. The van der Waals surface area contributed by atoms with Crippen LogP contribution in [-0.2, 0) is 4.43 Å². The van der Waals surface area contributed by atoms with E-state index in [4.69, 9.17) is 4.43 Å². The van der Waals surface area contributed by atoms with Gasteiger partial charge in [0.1, 0.15) is 6.10 Å². The zero-order valence-electron chi connectivity index (χ0n) is 12.9. The molecule has 0 spiro atoms. The Kier molecular flexibility index (Phi) is 7.07. The summed E-state index contributed by atoms with van der Waals surface area (Å²) in [5.74, 6) is -4.22. The second-order valence-corrected chi connectivity index (χ2v) is 10.9. The molecule has 1 aromatic rings. The van der Waals surface area contributed by atoms with Gasteiger partial charge >= 0.3 is 12.3 Å². The van der Waals surface area contributed by atoms with Gasteiger partial charge in [-0.25, -0.2) is 8.78 Å². The SMILES string of the molecule is CC[Si](CC)(CC)OC(c1ccc(Br)cc1)C(F)(F)C(F)F. The van der Waals surface area contributed by atoms with Crippen molar-refractivity contribution in [1.29, 1.82) is 0 Å². The lowest BCUT2D eigenvalue weighted by Crippen LogP contribution is -2.45. The molecule has 126 valence electrons. The van der Waals surface area contributed by atoms with Crippen LogP contribution in [0.2, 0.25) is 18.1 Å². The molecule has 0 N–H and O–H groups in total. The molecule has 1 aromatic carbocycles. The van der Waals surface area contributed by atoms with E-state index in [-0.39, 0.29) is 5.56 Å². The van der Waals surface area contributed by atoms with Gasteiger partial charge < -0.3 is 4.43 Å². The molecule has 0 aromatic heterocycles. The molecule has 1 rings (SSSR count). The monoisotopic (exact) mass is 400 g/mol. The van der Waals surface area contributed by atoms with E-state index in [0.717, 1.165) is 0 Å². The minimum absolute atomic E-state index is 0.0840. The molecule has 0 aliphatic heterocycles. The summed E-state index contributed by atoms with van der Waals surface area (Å²) in [5.41, 5.74) is 0.0840. The van der Waals surface area contributed by atoms with E-state index in [2.05, 4.69) is 15.9 Å². The first-order valence-electron chi connectivity index (χ1n) is 7.31. The van der Waals surface area contributed by atoms with Crippen molar-refractivity contribution in [2.45, 2.75) is 57.4 Å². The normalized spacial score (nSPS) is 14.4. The lowest BCUT2D eigenvalue weighted by Gasteiger charge is -2.36. The van der Waals surface area contributed by atoms with E-state index in [9.17, 15) is 17.6 Å². The van der Waals surface area contributed by atoms with Crippen LogP contribution in [0.3, 0.4) is 0 Å². The summed E-state index contributed by atoms with van der Waals surface area (Å²) in [6.07, 6.45) is -5.68. The van der Waals surface area contributed by atoms with Gasteiger partial charge in [-0.3, -0.25) is 0 Å². The third-order valence-corrected chi connectivity index (χ3v) is 9.24. The van der Waals surface area contributed by atoms with Crippen molar-refractivity contribution in [3.8, 4) is 0 Å². The molecule has 0 heterocycles. The number of rotatable bonds is 8. The summed E-state index contributed by atoms with van der Waals surface area (Å²) in [6.45, 7) is 5.62. The molecule has 0 radical (unpaired) electrons. The average molecular weight is 401 g/mol.